The molecule has 0 aliphatic rings. The highest BCUT2D eigenvalue weighted by Crippen LogP contribution is 2.27. The Balaban J connectivity index is 1.78. The fraction of sp³-hybridized carbons (Fsp3) is 0.235. The second kappa shape index (κ2) is 9.06. The van der Waals surface area contributed by atoms with E-state index in [-0.39, 0.29) is 6.04 Å². The maximum atomic E-state index is 6.04. The quantitative estimate of drug-likeness (QED) is 0.434. The second-order valence-electron chi connectivity index (χ2n) is 4.83. The number of nitrogens with zero attached hydrogens (tertiary/aromatic N) is 1. The van der Waals surface area contributed by atoms with E-state index in [9.17, 15) is 0 Å². The average Bonchev–Trinajstić information content (AvgIpc) is 2.54. The molecule has 3 nitrogen and oxygen atoms in total. The van der Waals surface area contributed by atoms with Crippen molar-refractivity contribution < 1.29 is 4.74 Å². The fourth-order valence-electron chi connectivity index (χ4n) is 1.92. The standard InChI is InChI=1S/C17H18Cl2N2OS/c1-12(13-5-3-2-4-6-13)21-17(20)23-10-9-22-16-8-7-14(18)11-15(16)19/h2-8,11-12H,9-10H2,1H3,(H2,20,21)/t12-/m1/s1. The SMILES string of the molecule is C[C@@H](N=C(N)SCCOc1ccc(Cl)cc1Cl)c1ccccc1. The number of rotatable bonds is 6. The first kappa shape index (κ1) is 18.0. The number of hydrogen-bond acceptors (Lipinski definition) is 3. The number of hydrogen-bond donors (Lipinski definition) is 1. The predicted octanol–water partition coefficient (Wildman–Crippen LogP) is 5.18. The van der Waals surface area contributed by atoms with Crippen LogP contribution in [0.15, 0.2) is 53.5 Å². The molecule has 0 heterocycles. The van der Waals surface area contributed by atoms with E-state index < -0.39 is 0 Å². The van der Waals surface area contributed by atoms with Crippen LogP contribution < -0.4 is 10.5 Å². The highest BCUT2D eigenvalue weighted by molar-refractivity contribution is 8.13. The molecule has 0 aliphatic heterocycles. The molecule has 0 spiro atoms. The first-order valence-electron chi connectivity index (χ1n) is 7.15. The Bertz CT molecular complexity index is 665. The van der Waals surface area contributed by atoms with Crippen LogP contribution in [0, 0.1) is 0 Å². The van der Waals surface area contributed by atoms with Crippen molar-refractivity contribution in [3.05, 3.63) is 64.1 Å². The number of thioether (sulfide) groups is 1. The molecule has 0 radical (unpaired) electrons. The maximum Gasteiger partial charge on any atom is 0.154 e. The van der Waals surface area contributed by atoms with Crippen molar-refractivity contribution in [1.82, 2.24) is 0 Å². The van der Waals surface area contributed by atoms with Crippen LogP contribution in [0.25, 0.3) is 0 Å². The number of ether oxygens (including phenoxy) is 1. The van der Waals surface area contributed by atoms with Gasteiger partial charge < -0.3 is 10.5 Å². The number of aliphatic imine (C=N–C) groups is 1. The van der Waals surface area contributed by atoms with Gasteiger partial charge in [-0.1, -0.05) is 65.3 Å². The Labute approximate surface area is 150 Å². The number of amidine groups is 1. The smallest absolute Gasteiger partial charge is 0.154 e. The first-order chi connectivity index (χ1) is 11.1. The van der Waals surface area contributed by atoms with Gasteiger partial charge in [0.05, 0.1) is 17.7 Å². The van der Waals surface area contributed by atoms with Crippen LogP contribution in [0.1, 0.15) is 18.5 Å². The van der Waals surface area contributed by atoms with Crippen LogP contribution >= 0.6 is 35.0 Å². The van der Waals surface area contributed by atoms with Crippen LogP contribution in [0.3, 0.4) is 0 Å². The summed E-state index contributed by atoms with van der Waals surface area (Å²) in [5.74, 6) is 1.31. The van der Waals surface area contributed by atoms with Gasteiger partial charge in [-0.3, -0.25) is 4.99 Å². The van der Waals surface area contributed by atoms with E-state index in [1.54, 1.807) is 18.2 Å². The Kier molecular flexibility index (Phi) is 7.09. The van der Waals surface area contributed by atoms with Crippen LogP contribution in [0.5, 0.6) is 5.75 Å². The maximum absolute atomic E-state index is 6.04. The number of benzene rings is 2. The lowest BCUT2D eigenvalue weighted by molar-refractivity contribution is 0.344. The average molecular weight is 369 g/mol. The Hall–Kier alpha value is -1.36. The van der Waals surface area contributed by atoms with Crippen molar-refractivity contribution in [2.75, 3.05) is 12.4 Å². The molecule has 0 saturated heterocycles. The van der Waals surface area contributed by atoms with Gasteiger partial charge >= 0.3 is 0 Å². The van der Waals surface area contributed by atoms with Crippen molar-refractivity contribution >= 4 is 40.1 Å². The summed E-state index contributed by atoms with van der Waals surface area (Å²) in [7, 11) is 0. The Morgan fingerprint density at radius 3 is 2.65 bits per heavy atom. The van der Waals surface area contributed by atoms with E-state index >= 15 is 0 Å². The molecule has 0 saturated carbocycles. The summed E-state index contributed by atoms with van der Waals surface area (Å²) in [6.07, 6.45) is 0. The van der Waals surface area contributed by atoms with Crippen LogP contribution in [0.2, 0.25) is 10.0 Å². The van der Waals surface area contributed by atoms with E-state index in [2.05, 4.69) is 4.99 Å². The molecule has 0 bridgehead atoms. The van der Waals surface area contributed by atoms with E-state index in [0.29, 0.717) is 33.3 Å². The molecule has 0 fully saturated rings. The van der Waals surface area contributed by atoms with Gasteiger partial charge in [0.25, 0.3) is 0 Å². The molecule has 0 amide bonds. The lowest BCUT2D eigenvalue weighted by Crippen LogP contribution is -2.12. The van der Waals surface area contributed by atoms with Gasteiger partial charge in [0.2, 0.25) is 0 Å². The molecule has 2 aromatic rings. The predicted molar refractivity (Wildman–Crippen MR) is 101 cm³/mol. The summed E-state index contributed by atoms with van der Waals surface area (Å²) in [5.41, 5.74) is 7.09. The molecule has 6 heteroatoms. The molecule has 1 atom stereocenters. The van der Waals surface area contributed by atoms with Gasteiger partial charge in [-0.15, -0.1) is 0 Å². The lowest BCUT2D eigenvalue weighted by atomic mass is 10.1. The summed E-state index contributed by atoms with van der Waals surface area (Å²) in [6.45, 7) is 2.51. The second-order valence-corrected chi connectivity index (χ2v) is 6.78. The van der Waals surface area contributed by atoms with Crippen molar-refractivity contribution in [3.8, 4) is 5.75 Å². The van der Waals surface area contributed by atoms with Gasteiger partial charge in [-0.05, 0) is 30.7 Å². The number of halogens is 2. The number of nitrogens with two attached hydrogens (primary N) is 1. The molecule has 122 valence electrons. The molecule has 0 aliphatic carbocycles. The van der Waals surface area contributed by atoms with Crippen LogP contribution in [-0.2, 0) is 0 Å². The van der Waals surface area contributed by atoms with Crippen molar-refractivity contribution in [2.24, 2.45) is 10.7 Å². The Morgan fingerprint density at radius 1 is 1.22 bits per heavy atom. The normalized spacial score (nSPS) is 12.9. The largest absolute Gasteiger partial charge is 0.491 e. The molecule has 0 unspecified atom stereocenters. The lowest BCUT2D eigenvalue weighted by Gasteiger charge is -2.10. The zero-order valence-corrected chi connectivity index (χ0v) is 15.0. The summed E-state index contributed by atoms with van der Waals surface area (Å²) >= 11 is 13.3. The van der Waals surface area contributed by atoms with Gasteiger partial charge in [-0.25, -0.2) is 0 Å². The zero-order chi connectivity index (χ0) is 16.7. The van der Waals surface area contributed by atoms with Crippen LogP contribution in [-0.4, -0.2) is 17.5 Å². The molecule has 2 aromatic carbocycles. The third-order valence-electron chi connectivity index (χ3n) is 3.09. The van der Waals surface area contributed by atoms with E-state index in [4.69, 9.17) is 33.7 Å². The monoisotopic (exact) mass is 368 g/mol. The molecule has 2 N–H and O–H groups in total. The molecule has 0 aromatic heterocycles. The minimum atomic E-state index is 0.0373. The van der Waals surface area contributed by atoms with E-state index in [0.717, 1.165) is 5.56 Å². The van der Waals surface area contributed by atoms with Crippen molar-refractivity contribution in [2.45, 2.75) is 13.0 Å². The topological polar surface area (TPSA) is 47.6 Å². The highest BCUT2D eigenvalue weighted by atomic mass is 35.5. The highest BCUT2D eigenvalue weighted by Gasteiger charge is 2.05. The van der Waals surface area contributed by atoms with Crippen LogP contribution in [0.4, 0.5) is 0 Å². The zero-order valence-electron chi connectivity index (χ0n) is 12.7. The summed E-state index contributed by atoms with van der Waals surface area (Å²) < 4.78 is 5.61. The Morgan fingerprint density at radius 2 is 1.96 bits per heavy atom. The third-order valence-corrected chi connectivity index (χ3v) is 4.39. The first-order valence-corrected chi connectivity index (χ1v) is 8.89. The van der Waals surface area contributed by atoms with E-state index in [1.165, 1.54) is 11.8 Å². The third kappa shape index (κ3) is 5.98. The summed E-state index contributed by atoms with van der Waals surface area (Å²) in [5, 5.41) is 1.64. The van der Waals surface area contributed by atoms with Gasteiger partial charge in [0.1, 0.15) is 5.75 Å². The fourth-order valence-corrected chi connectivity index (χ4v) is 3.00. The van der Waals surface area contributed by atoms with Crippen molar-refractivity contribution in [1.29, 1.82) is 0 Å². The minimum absolute atomic E-state index is 0.0373. The molecule has 23 heavy (non-hydrogen) atoms. The molecular weight excluding hydrogens is 351 g/mol. The molecule has 2 rings (SSSR count). The van der Waals surface area contributed by atoms with E-state index in [1.807, 2.05) is 37.3 Å². The van der Waals surface area contributed by atoms with Gasteiger partial charge in [0, 0.05) is 10.8 Å². The van der Waals surface area contributed by atoms with Gasteiger partial charge in [0.15, 0.2) is 5.17 Å². The van der Waals surface area contributed by atoms with Crippen molar-refractivity contribution in [3.63, 3.8) is 0 Å². The summed E-state index contributed by atoms with van der Waals surface area (Å²) in [4.78, 5) is 4.48. The minimum Gasteiger partial charge on any atom is -0.491 e. The molecular formula is C17H18Cl2N2OS. The van der Waals surface area contributed by atoms with Gasteiger partial charge in [-0.2, -0.15) is 0 Å². The summed E-state index contributed by atoms with van der Waals surface area (Å²) in [6, 6.07) is 15.2.